The zero-order valence-corrected chi connectivity index (χ0v) is 8.78. The van der Waals surface area contributed by atoms with Gasteiger partial charge in [-0.25, -0.2) is 0 Å². The summed E-state index contributed by atoms with van der Waals surface area (Å²) in [6.45, 7) is 3.50. The van der Waals surface area contributed by atoms with Crippen LogP contribution in [0.15, 0.2) is 0 Å². The van der Waals surface area contributed by atoms with Crippen molar-refractivity contribution in [3.05, 3.63) is 0 Å². The van der Waals surface area contributed by atoms with Gasteiger partial charge in [0.2, 0.25) is 5.91 Å². The molecule has 1 fully saturated rings. The van der Waals surface area contributed by atoms with Crippen LogP contribution in [0.2, 0.25) is 0 Å². The molecule has 0 spiro atoms. The Labute approximate surface area is 85.1 Å². The number of likely N-dealkylation sites (tertiary alicyclic amines) is 1. The van der Waals surface area contributed by atoms with Gasteiger partial charge in [0.05, 0.1) is 12.6 Å². The topological polar surface area (TPSA) is 66.6 Å². The fourth-order valence-corrected chi connectivity index (χ4v) is 1.99. The molecular weight excluding hydrogens is 180 g/mol. The van der Waals surface area contributed by atoms with E-state index in [4.69, 9.17) is 10.8 Å². The number of rotatable bonds is 4. The van der Waals surface area contributed by atoms with Crippen LogP contribution in [0, 0.1) is 5.92 Å². The van der Waals surface area contributed by atoms with Gasteiger partial charge in [-0.2, -0.15) is 0 Å². The summed E-state index contributed by atoms with van der Waals surface area (Å²) < 4.78 is 0. The molecule has 1 heterocycles. The van der Waals surface area contributed by atoms with E-state index in [0.29, 0.717) is 18.9 Å². The summed E-state index contributed by atoms with van der Waals surface area (Å²) in [6, 6.07) is 0.0280. The number of amides is 1. The van der Waals surface area contributed by atoms with Crippen LogP contribution in [0.5, 0.6) is 0 Å². The van der Waals surface area contributed by atoms with E-state index in [1.807, 2.05) is 0 Å². The maximum absolute atomic E-state index is 11.7. The first-order valence-corrected chi connectivity index (χ1v) is 5.31. The fraction of sp³-hybridized carbons (Fsp3) is 0.900. The molecule has 4 heteroatoms. The Kier molecular flexibility index (Phi) is 4.35. The number of nitrogens with two attached hydrogens (primary N) is 1. The van der Waals surface area contributed by atoms with Crippen molar-refractivity contribution in [1.29, 1.82) is 0 Å². The normalized spacial score (nSPS) is 26.9. The average molecular weight is 200 g/mol. The van der Waals surface area contributed by atoms with Crippen molar-refractivity contribution < 1.29 is 9.90 Å². The van der Waals surface area contributed by atoms with E-state index in [9.17, 15) is 4.79 Å². The van der Waals surface area contributed by atoms with Crippen LogP contribution in [0.1, 0.15) is 26.2 Å². The molecule has 14 heavy (non-hydrogen) atoms. The molecule has 0 aromatic carbocycles. The Hall–Kier alpha value is -0.610. The SMILES string of the molecule is CC1CCN(C(=O)CCCN)C1CO. The Morgan fingerprint density at radius 3 is 2.93 bits per heavy atom. The Morgan fingerprint density at radius 2 is 2.36 bits per heavy atom. The standard InChI is InChI=1S/C10H20N2O2/c1-8-4-6-12(9(8)7-13)10(14)3-2-5-11/h8-9,13H,2-7,11H2,1H3. The monoisotopic (exact) mass is 200 g/mol. The minimum absolute atomic E-state index is 0.0280. The second kappa shape index (κ2) is 5.32. The summed E-state index contributed by atoms with van der Waals surface area (Å²) in [4.78, 5) is 13.5. The molecule has 4 nitrogen and oxygen atoms in total. The summed E-state index contributed by atoms with van der Waals surface area (Å²) in [7, 11) is 0. The average Bonchev–Trinajstić information content (AvgIpc) is 2.55. The number of aliphatic hydroxyl groups excluding tert-OH is 1. The minimum Gasteiger partial charge on any atom is -0.394 e. The first kappa shape index (κ1) is 11.5. The lowest BCUT2D eigenvalue weighted by molar-refractivity contribution is -0.133. The molecule has 3 N–H and O–H groups in total. The Bertz CT molecular complexity index is 197. The van der Waals surface area contributed by atoms with E-state index in [1.54, 1.807) is 4.90 Å². The number of hydrogen-bond donors (Lipinski definition) is 2. The summed E-state index contributed by atoms with van der Waals surface area (Å²) in [6.07, 6.45) is 2.25. The van der Waals surface area contributed by atoms with E-state index < -0.39 is 0 Å². The van der Waals surface area contributed by atoms with Crippen molar-refractivity contribution >= 4 is 5.91 Å². The first-order chi connectivity index (χ1) is 6.70. The Morgan fingerprint density at radius 1 is 1.64 bits per heavy atom. The maximum atomic E-state index is 11.7. The molecule has 0 bridgehead atoms. The quantitative estimate of drug-likeness (QED) is 0.669. The van der Waals surface area contributed by atoms with E-state index >= 15 is 0 Å². The predicted molar refractivity (Wildman–Crippen MR) is 54.7 cm³/mol. The molecule has 2 atom stereocenters. The molecule has 1 aliphatic heterocycles. The summed E-state index contributed by atoms with van der Waals surface area (Å²) in [5.41, 5.74) is 5.35. The van der Waals surface area contributed by atoms with Gasteiger partial charge in [0.15, 0.2) is 0 Å². The highest BCUT2D eigenvalue weighted by Crippen LogP contribution is 2.24. The largest absolute Gasteiger partial charge is 0.394 e. The number of carbonyl (C=O) groups excluding carboxylic acids is 1. The summed E-state index contributed by atoms with van der Waals surface area (Å²) in [5.74, 6) is 0.556. The second-order valence-electron chi connectivity index (χ2n) is 4.00. The van der Waals surface area contributed by atoms with Gasteiger partial charge in [0, 0.05) is 13.0 Å². The first-order valence-electron chi connectivity index (χ1n) is 5.31. The van der Waals surface area contributed by atoms with Crippen LogP contribution in [0.3, 0.4) is 0 Å². The van der Waals surface area contributed by atoms with E-state index in [1.165, 1.54) is 0 Å². The lowest BCUT2D eigenvalue weighted by Crippen LogP contribution is -2.39. The van der Waals surface area contributed by atoms with Crippen molar-refractivity contribution in [2.75, 3.05) is 19.7 Å². The Balaban J connectivity index is 2.46. The molecular formula is C10H20N2O2. The molecule has 0 radical (unpaired) electrons. The summed E-state index contributed by atoms with van der Waals surface area (Å²) >= 11 is 0. The van der Waals surface area contributed by atoms with Crippen LogP contribution in [-0.4, -0.2) is 41.7 Å². The van der Waals surface area contributed by atoms with Gasteiger partial charge in [-0.05, 0) is 25.3 Å². The molecule has 1 rings (SSSR count). The number of carbonyl (C=O) groups is 1. The van der Waals surface area contributed by atoms with Gasteiger partial charge in [0.1, 0.15) is 0 Å². The van der Waals surface area contributed by atoms with Gasteiger partial charge >= 0.3 is 0 Å². The molecule has 1 saturated heterocycles. The van der Waals surface area contributed by atoms with Gasteiger partial charge in [-0.3, -0.25) is 4.79 Å². The third-order valence-corrected chi connectivity index (χ3v) is 2.98. The molecule has 0 aromatic rings. The highest BCUT2D eigenvalue weighted by Gasteiger charge is 2.33. The van der Waals surface area contributed by atoms with Crippen molar-refractivity contribution in [2.45, 2.75) is 32.2 Å². The molecule has 82 valence electrons. The number of hydrogen-bond acceptors (Lipinski definition) is 3. The smallest absolute Gasteiger partial charge is 0.222 e. The van der Waals surface area contributed by atoms with Crippen molar-refractivity contribution in [1.82, 2.24) is 4.90 Å². The molecule has 1 amide bonds. The van der Waals surface area contributed by atoms with Crippen LogP contribution in [0.4, 0.5) is 0 Å². The highest BCUT2D eigenvalue weighted by atomic mass is 16.3. The predicted octanol–water partition coefficient (Wildman–Crippen LogP) is -0.0454. The molecule has 1 aliphatic rings. The highest BCUT2D eigenvalue weighted by molar-refractivity contribution is 5.76. The molecule has 0 aromatic heterocycles. The van der Waals surface area contributed by atoms with E-state index in [2.05, 4.69) is 6.92 Å². The van der Waals surface area contributed by atoms with Crippen molar-refractivity contribution in [3.63, 3.8) is 0 Å². The molecule has 0 saturated carbocycles. The maximum Gasteiger partial charge on any atom is 0.222 e. The van der Waals surface area contributed by atoms with Crippen LogP contribution < -0.4 is 5.73 Å². The second-order valence-corrected chi connectivity index (χ2v) is 4.00. The van der Waals surface area contributed by atoms with Crippen LogP contribution in [-0.2, 0) is 4.79 Å². The lowest BCUT2D eigenvalue weighted by Gasteiger charge is -2.25. The third-order valence-electron chi connectivity index (χ3n) is 2.98. The zero-order chi connectivity index (χ0) is 10.6. The molecule has 2 unspecified atom stereocenters. The van der Waals surface area contributed by atoms with E-state index in [0.717, 1.165) is 19.4 Å². The molecule has 0 aliphatic carbocycles. The van der Waals surface area contributed by atoms with Gasteiger partial charge in [0.25, 0.3) is 0 Å². The number of nitrogens with zero attached hydrogens (tertiary/aromatic N) is 1. The van der Waals surface area contributed by atoms with Gasteiger partial charge in [-0.15, -0.1) is 0 Å². The van der Waals surface area contributed by atoms with Gasteiger partial charge in [-0.1, -0.05) is 6.92 Å². The summed E-state index contributed by atoms with van der Waals surface area (Å²) in [5, 5.41) is 9.16. The zero-order valence-electron chi connectivity index (χ0n) is 8.78. The van der Waals surface area contributed by atoms with Crippen LogP contribution in [0.25, 0.3) is 0 Å². The third kappa shape index (κ3) is 2.45. The van der Waals surface area contributed by atoms with Crippen LogP contribution >= 0.6 is 0 Å². The number of aliphatic hydroxyl groups is 1. The van der Waals surface area contributed by atoms with E-state index in [-0.39, 0.29) is 18.6 Å². The van der Waals surface area contributed by atoms with Gasteiger partial charge < -0.3 is 15.7 Å². The fourth-order valence-electron chi connectivity index (χ4n) is 1.99. The van der Waals surface area contributed by atoms with Crippen molar-refractivity contribution in [2.24, 2.45) is 11.7 Å². The lowest BCUT2D eigenvalue weighted by atomic mass is 10.0. The minimum atomic E-state index is 0.0280. The van der Waals surface area contributed by atoms with Crippen molar-refractivity contribution in [3.8, 4) is 0 Å².